The molecule has 0 radical (unpaired) electrons. The molecule has 126 valence electrons. The first kappa shape index (κ1) is 16.3. The van der Waals surface area contributed by atoms with Crippen LogP contribution in [0.4, 0.5) is 0 Å². The molecule has 5 nitrogen and oxygen atoms in total. The van der Waals surface area contributed by atoms with E-state index in [0.29, 0.717) is 12.5 Å². The topological polar surface area (TPSA) is 48.0 Å². The third kappa shape index (κ3) is 3.67. The van der Waals surface area contributed by atoms with Crippen molar-refractivity contribution in [1.82, 2.24) is 4.90 Å². The van der Waals surface area contributed by atoms with Gasteiger partial charge in [-0.15, -0.1) is 0 Å². The molecule has 1 aromatic rings. The lowest BCUT2D eigenvalue weighted by molar-refractivity contribution is -0.133. The summed E-state index contributed by atoms with van der Waals surface area (Å²) < 4.78 is 16.5. The number of ether oxygens (including phenoxy) is 3. The van der Waals surface area contributed by atoms with E-state index < -0.39 is 0 Å². The normalized spacial score (nSPS) is 23.2. The number of carbonyl (C=O) groups is 1. The molecule has 0 N–H and O–H groups in total. The summed E-state index contributed by atoms with van der Waals surface area (Å²) in [6.07, 6.45) is 2.01. The van der Waals surface area contributed by atoms with Crippen LogP contribution in [0, 0.1) is 11.3 Å². The van der Waals surface area contributed by atoms with Crippen molar-refractivity contribution in [2.75, 3.05) is 46.6 Å². The van der Waals surface area contributed by atoms with Gasteiger partial charge < -0.3 is 19.1 Å². The first-order valence-corrected chi connectivity index (χ1v) is 8.26. The number of nitrogens with zero attached hydrogens (tertiary/aromatic N) is 1. The third-order valence-corrected chi connectivity index (χ3v) is 5.13. The van der Waals surface area contributed by atoms with Crippen LogP contribution in [0.25, 0.3) is 0 Å². The second kappa shape index (κ2) is 7.32. The summed E-state index contributed by atoms with van der Waals surface area (Å²) in [5.74, 6) is 1.17. The van der Waals surface area contributed by atoms with Crippen molar-refractivity contribution >= 4 is 5.91 Å². The molecule has 1 amide bonds. The molecular weight excluding hydrogens is 294 g/mol. The number of methoxy groups -OCH3 is 1. The van der Waals surface area contributed by atoms with Gasteiger partial charge in [0.25, 0.3) is 5.91 Å². The number of benzene rings is 1. The van der Waals surface area contributed by atoms with Gasteiger partial charge in [-0.05, 0) is 30.4 Å². The smallest absolute Gasteiger partial charge is 0.260 e. The Morgan fingerprint density at radius 2 is 2.04 bits per heavy atom. The van der Waals surface area contributed by atoms with Crippen LogP contribution < -0.4 is 4.74 Å². The highest BCUT2D eigenvalue weighted by Crippen LogP contribution is 2.44. The molecule has 1 atom stereocenters. The van der Waals surface area contributed by atoms with E-state index in [2.05, 4.69) is 0 Å². The Labute approximate surface area is 137 Å². The van der Waals surface area contributed by atoms with E-state index >= 15 is 0 Å². The highest BCUT2D eigenvalue weighted by Gasteiger charge is 2.48. The zero-order valence-corrected chi connectivity index (χ0v) is 13.7. The van der Waals surface area contributed by atoms with E-state index in [1.807, 2.05) is 35.2 Å². The minimum atomic E-state index is 0.0540. The lowest BCUT2D eigenvalue weighted by atomic mass is 9.72. The molecule has 2 aliphatic heterocycles. The number of likely N-dealkylation sites (tertiary alicyclic amines) is 1. The van der Waals surface area contributed by atoms with Gasteiger partial charge in [-0.25, -0.2) is 0 Å². The summed E-state index contributed by atoms with van der Waals surface area (Å²) in [7, 11) is 1.73. The molecule has 0 bridgehead atoms. The minimum Gasteiger partial charge on any atom is -0.484 e. The van der Waals surface area contributed by atoms with E-state index in [1.54, 1.807) is 7.11 Å². The lowest BCUT2D eigenvalue weighted by Crippen LogP contribution is -2.39. The average molecular weight is 319 g/mol. The maximum atomic E-state index is 12.5. The predicted octanol–water partition coefficient (Wildman–Crippen LogP) is 1.97. The summed E-state index contributed by atoms with van der Waals surface area (Å²) in [6.45, 7) is 3.90. The van der Waals surface area contributed by atoms with Crippen LogP contribution in [-0.4, -0.2) is 57.4 Å². The Hall–Kier alpha value is -1.59. The molecule has 0 aromatic heterocycles. The van der Waals surface area contributed by atoms with Crippen molar-refractivity contribution in [1.29, 1.82) is 0 Å². The average Bonchev–Trinajstić information content (AvgIpc) is 2.93. The van der Waals surface area contributed by atoms with Crippen LogP contribution in [0.1, 0.15) is 12.8 Å². The van der Waals surface area contributed by atoms with Crippen molar-refractivity contribution in [2.24, 2.45) is 11.3 Å². The maximum absolute atomic E-state index is 12.5. The lowest BCUT2D eigenvalue weighted by Gasteiger charge is -2.37. The highest BCUT2D eigenvalue weighted by molar-refractivity contribution is 5.78. The Bertz CT molecular complexity index is 513. The second-order valence-corrected chi connectivity index (χ2v) is 6.50. The fourth-order valence-electron chi connectivity index (χ4n) is 3.75. The molecule has 2 aliphatic rings. The Kier molecular flexibility index (Phi) is 5.18. The predicted molar refractivity (Wildman–Crippen MR) is 86.4 cm³/mol. The highest BCUT2D eigenvalue weighted by atomic mass is 16.5. The summed E-state index contributed by atoms with van der Waals surface area (Å²) in [4.78, 5) is 14.5. The monoisotopic (exact) mass is 319 g/mol. The van der Waals surface area contributed by atoms with Crippen LogP contribution in [0.2, 0.25) is 0 Å². The molecular formula is C18H25NO4. The van der Waals surface area contributed by atoms with Gasteiger partial charge in [0.05, 0.1) is 6.61 Å². The van der Waals surface area contributed by atoms with E-state index in [1.165, 1.54) is 0 Å². The minimum absolute atomic E-state index is 0.0540. The molecule has 2 saturated heterocycles. The Morgan fingerprint density at radius 1 is 1.30 bits per heavy atom. The fourth-order valence-corrected chi connectivity index (χ4v) is 3.75. The summed E-state index contributed by atoms with van der Waals surface area (Å²) in [5, 5.41) is 0. The number of hydrogen-bond acceptors (Lipinski definition) is 4. The molecule has 2 heterocycles. The third-order valence-electron chi connectivity index (χ3n) is 5.13. The molecule has 3 rings (SSSR count). The SMILES string of the molecule is COCC1CN(C(=O)COc2ccccc2)CC12CCOCC2. The summed E-state index contributed by atoms with van der Waals surface area (Å²) >= 11 is 0. The number of rotatable bonds is 5. The van der Waals surface area contributed by atoms with Crippen LogP contribution in [-0.2, 0) is 14.3 Å². The summed E-state index contributed by atoms with van der Waals surface area (Å²) in [5.41, 5.74) is 0.149. The number of amides is 1. The molecule has 1 aromatic carbocycles. The van der Waals surface area contributed by atoms with Gasteiger partial charge in [0, 0.05) is 39.3 Å². The van der Waals surface area contributed by atoms with E-state index in [0.717, 1.165) is 44.9 Å². The van der Waals surface area contributed by atoms with Gasteiger partial charge >= 0.3 is 0 Å². The van der Waals surface area contributed by atoms with E-state index in [4.69, 9.17) is 14.2 Å². The fraction of sp³-hybridized carbons (Fsp3) is 0.611. The van der Waals surface area contributed by atoms with Gasteiger partial charge in [-0.2, -0.15) is 0 Å². The molecule has 2 fully saturated rings. The number of hydrogen-bond donors (Lipinski definition) is 0. The molecule has 1 spiro atoms. The van der Waals surface area contributed by atoms with Crippen molar-refractivity contribution in [3.8, 4) is 5.75 Å². The van der Waals surface area contributed by atoms with Gasteiger partial charge in [0.2, 0.25) is 0 Å². The van der Waals surface area contributed by atoms with Gasteiger partial charge in [0.15, 0.2) is 6.61 Å². The number of para-hydroxylation sites is 1. The van der Waals surface area contributed by atoms with Gasteiger partial charge in [-0.3, -0.25) is 4.79 Å². The molecule has 23 heavy (non-hydrogen) atoms. The van der Waals surface area contributed by atoms with Gasteiger partial charge in [-0.1, -0.05) is 18.2 Å². The molecule has 0 aliphatic carbocycles. The van der Waals surface area contributed by atoms with Crippen LogP contribution in [0.5, 0.6) is 5.75 Å². The first-order valence-electron chi connectivity index (χ1n) is 8.26. The van der Waals surface area contributed by atoms with Crippen molar-refractivity contribution < 1.29 is 19.0 Å². The standard InChI is InChI=1S/C18H25NO4/c1-21-12-15-11-19(14-18(15)7-9-22-10-8-18)17(20)13-23-16-5-3-2-4-6-16/h2-6,15H,7-14H2,1H3. The first-order chi connectivity index (χ1) is 11.2. The zero-order valence-electron chi connectivity index (χ0n) is 13.7. The Morgan fingerprint density at radius 3 is 2.74 bits per heavy atom. The van der Waals surface area contributed by atoms with Crippen molar-refractivity contribution in [2.45, 2.75) is 12.8 Å². The molecule has 5 heteroatoms. The quantitative estimate of drug-likeness (QED) is 0.832. The van der Waals surface area contributed by atoms with E-state index in [-0.39, 0.29) is 17.9 Å². The van der Waals surface area contributed by atoms with Gasteiger partial charge in [0.1, 0.15) is 5.75 Å². The van der Waals surface area contributed by atoms with Crippen LogP contribution in [0.3, 0.4) is 0 Å². The largest absolute Gasteiger partial charge is 0.484 e. The van der Waals surface area contributed by atoms with Crippen LogP contribution in [0.15, 0.2) is 30.3 Å². The van der Waals surface area contributed by atoms with Crippen molar-refractivity contribution in [3.63, 3.8) is 0 Å². The maximum Gasteiger partial charge on any atom is 0.260 e. The second-order valence-electron chi connectivity index (χ2n) is 6.50. The van der Waals surface area contributed by atoms with E-state index in [9.17, 15) is 4.79 Å². The Balaban J connectivity index is 1.60. The molecule has 0 saturated carbocycles. The number of carbonyl (C=O) groups excluding carboxylic acids is 1. The molecule has 1 unspecified atom stereocenters. The summed E-state index contributed by atoms with van der Waals surface area (Å²) in [6, 6.07) is 9.47. The van der Waals surface area contributed by atoms with Crippen molar-refractivity contribution in [3.05, 3.63) is 30.3 Å². The van der Waals surface area contributed by atoms with Crippen LogP contribution >= 0.6 is 0 Å². The zero-order chi connectivity index (χ0) is 16.1.